The van der Waals surface area contributed by atoms with Crippen molar-refractivity contribution in [2.24, 2.45) is 0 Å². The summed E-state index contributed by atoms with van der Waals surface area (Å²) in [6.45, 7) is 8.50. The molecular weight excluding hydrogens is 220 g/mol. The number of methoxy groups -OCH3 is 1. The van der Waals surface area contributed by atoms with Crippen LogP contribution in [-0.2, 0) is 4.74 Å². The molecule has 4 heteroatoms. The van der Waals surface area contributed by atoms with E-state index in [-0.39, 0.29) is 0 Å². The van der Waals surface area contributed by atoms with Crippen LogP contribution in [-0.4, -0.2) is 43.2 Å². The topological polar surface area (TPSA) is 25.4 Å². The summed E-state index contributed by atoms with van der Waals surface area (Å²) in [4.78, 5) is 8.50. The molecule has 1 aromatic heterocycles. The highest BCUT2D eigenvalue weighted by Gasteiger charge is 2.26. The van der Waals surface area contributed by atoms with Crippen LogP contribution in [0.25, 0.3) is 0 Å². The van der Waals surface area contributed by atoms with Crippen LogP contribution in [0.15, 0.2) is 0 Å². The van der Waals surface area contributed by atoms with Crippen molar-refractivity contribution >= 4 is 11.3 Å². The van der Waals surface area contributed by atoms with Crippen LogP contribution in [0.2, 0.25) is 0 Å². The lowest BCUT2D eigenvalue weighted by Crippen LogP contribution is -2.24. The van der Waals surface area contributed by atoms with E-state index >= 15 is 0 Å². The van der Waals surface area contributed by atoms with Gasteiger partial charge in [-0.1, -0.05) is 0 Å². The van der Waals surface area contributed by atoms with Gasteiger partial charge >= 0.3 is 0 Å². The molecule has 1 fully saturated rings. The van der Waals surface area contributed by atoms with Gasteiger partial charge in [0.25, 0.3) is 0 Å². The Morgan fingerprint density at radius 2 is 2.31 bits per heavy atom. The third-order valence-electron chi connectivity index (χ3n) is 3.19. The van der Waals surface area contributed by atoms with E-state index in [4.69, 9.17) is 4.74 Å². The summed E-state index contributed by atoms with van der Waals surface area (Å²) >= 11 is 1.87. The molecule has 2 heterocycles. The van der Waals surface area contributed by atoms with E-state index < -0.39 is 0 Å². The van der Waals surface area contributed by atoms with Gasteiger partial charge in [-0.2, -0.15) is 0 Å². The molecular formula is C12H20N2OS. The largest absolute Gasteiger partial charge is 0.383 e. The molecule has 3 nitrogen and oxygen atoms in total. The van der Waals surface area contributed by atoms with Crippen LogP contribution in [0.4, 0.5) is 0 Å². The van der Waals surface area contributed by atoms with Gasteiger partial charge in [0, 0.05) is 31.0 Å². The molecule has 1 aliphatic heterocycles. The van der Waals surface area contributed by atoms with Crippen LogP contribution < -0.4 is 0 Å². The lowest BCUT2D eigenvalue weighted by molar-refractivity contribution is 0.160. The van der Waals surface area contributed by atoms with Gasteiger partial charge in [0.1, 0.15) is 0 Å². The minimum atomic E-state index is 0.697. The number of aryl methyl sites for hydroxylation is 2. The molecule has 1 aromatic rings. The molecule has 1 aliphatic rings. The molecule has 0 amide bonds. The van der Waals surface area contributed by atoms with Crippen LogP contribution in [0.3, 0.4) is 0 Å². The number of likely N-dealkylation sites (tertiary alicyclic amines) is 1. The first-order valence-electron chi connectivity index (χ1n) is 5.86. The Bertz CT molecular complexity index is 351. The average molecular weight is 240 g/mol. The number of hydrogen-bond donors (Lipinski definition) is 0. The fourth-order valence-corrected chi connectivity index (χ4v) is 3.45. The predicted octanol–water partition coefficient (Wildman–Crippen LogP) is 2.20. The molecule has 0 N–H and O–H groups in total. The minimum absolute atomic E-state index is 0.697. The summed E-state index contributed by atoms with van der Waals surface area (Å²) < 4.78 is 5.12. The first-order chi connectivity index (χ1) is 7.70. The Morgan fingerprint density at radius 1 is 1.50 bits per heavy atom. The van der Waals surface area contributed by atoms with Gasteiger partial charge in [0.15, 0.2) is 0 Å². The van der Waals surface area contributed by atoms with Gasteiger partial charge in [0.2, 0.25) is 0 Å². The smallest absolute Gasteiger partial charge is 0.0900 e. The zero-order chi connectivity index (χ0) is 11.5. The number of thiazole rings is 1. The van der Waals surface area contributed by atoms with Gasteiger partial charge in [0.05, 0.1) is 17.3 Å². The Morgan fingerprint density at radius 3 is 2.94 bits per heavy atom. The maximum Gasteiger partial charge on any atom is 0.0900 e. The summed E-state index contributed by atoms with van der Waals surface area (Å²) in [5, 5.41) is 1.20. The molecule has 1 unspecified atom stereocenters. The second-order valence-electron chi connectivity index (χ2n) is 4.46. The summed E-state index contributed by atoms with van der Waals surface area (Å²) in [5.74, 6) is 0.697. The Balaban J connectivity index is 1.95. The molecule has 0 aliphatic carbocycles. The highest BCUT2D eigenvalue weighted by atomic mass is 32.1. The van der Waals surface area contributed by atoms with Crippen molar-refractivity contribution in [1.29, 1.82) is 0 Å². The van der Waals surface area contributed by atoms with Crippen LogP contribution in [0.5, 0.6) is 0 Å². The first-order valence-corrected chi connectivity index (χ1v) is 6.67. The quantitative estimate of drug-likeness (QED) is 0.806. The summed E-state index contributed by atoms with van der Waals surface area (Å²) in [5.41, 5.74) is 1.24. The lowest BCUT2D eigenvalue weighted by atomic mass is 10.1. The number of ether oxygens (including phenoxy) is 1. The summed E-state index contributed by atoms with van der Waals surface area (Å²) in [7, 11) is 1.77. The molecule has 0 bridgehead atoms. The maximum atomic E-state index is 5.12. The van der Waals surface area contributed by atoms with Crippen molar-refractivity contribution in [2.75, 3.05) is 33.4 Å². The third-order valence-corrected chi connectivity index (χ3v) is 4.43. The zero-order valence-electron chi connectivity index (χ0n) is 10.3. The van der Waals surface area contributed by atoms with Gasteiger partial charge in [-0.25, -0.2) is 4.98 Å². The molecule has 2 rings (SSSR count). The second kappa shape index (κ2) is 5.25. The van der Waals surface area contributed by atoms with E-state index in [0.29, 0.717) is 5.92 Å². The second-order valence-corrected chi connectivity index (χ2v) is 5.70. The Labute approximate surface area is 101 Å². The Hall–Kier alpha value is -0.450. The fourth-order valence-electron chi connectivity index (χ4n) is 2.40. The predicted molar refractivity (Wildman–Crippen MR) is 67.3 cm³/mol. The standard InChI is InChI=1S/C12H20N2OS/c1-9-12(16-10(2)13-9)11-4-5-14(8-11)6-7-15-3/h11H,4-8H2,1-3H3. The lowest BCUT2D eigenvalue weighted by Gasteiger charge is -2.14. The van der Waals surface area contributed by atoms with Crippen LogP contribution >= 0.6 is 11.3 Å². The Kier molecular flexibility index (Phi) is 3.95. The van der Waals surface area contributed by atoms with Crippen molar-refractivity contribution in [3.63, 3.8) is 0 Å². The molecule has 90 valence electrons. The molecule has 0 saturated carbocycles. The number of nitrogens with zero attached hydrogens (tertiary/aromatic N) is 2. The van der Waals surface area contributed by atoms with Crippen molar-refractivity contribution in [2.45, 2.75) is 26.2 Å². The van der Waals surface area contributed by atoms with E-state index in [0.717, 1.165) is 13.2 Å². The van der Waals surface area contributed by atoms with Crippen molar-refractivity contribution in [3.8, 4) is 0 Å². The zero-order valence-corrected chi connectivity index (χ0v) is 11.1. The highest BCUT2D eigenvalue weighted by molar-refractivity contribution is 7.11. The van der Waals surface area contributed by atoms with Crippen molar-refractivity contribution in [3.05, 3.63) is 15.6 Å². The SMILES string of the molecule is COCCN1CCC(c2sc(C)nc2C)C1. The van der Waals surface area contributed by atoms with E-state index in [1.165, 1.54) is 35.1 Å². The molecule has 0 radical (unpaired) electrons. The van der Waals surface area contributed by atoms with Gasteiger partial charge in [-0.15, -0.1) is 11.3 Å². The minimum Gasteiger partial charge on any atom is -0.383 e. The number of rotatable bonds is 4. The van der Waals surface area contributed by atoms with Gasteiger partial charge in [-0.3, -0.25) is 0 Å². The molecule has 16 heavy (non-hydrogen) atoms. The normalized spacial score (nSPS) is 21.8. The summed E-state index contributed by atoms with van der Waals surface area (Å²) in [6.07, 6.45) is 1.27. The third kappa shape index (κ3) is 2.62. The monoisotopic (exact) mass is 240 g/mol. The van der Waals surface area contributed by atoms with Crippen LogP contribution in [0, 0.1) is 13.8 Å². The van der Waals surface area contributed by atoms with E-state index in [9.17, 15) is 0 Å². The van der Waals surface area contributed by atoms with Crippen molar-refractivity contribution < 1.29 is 4.74 Å². The number of aromatic nitrogens is 1. The summed E-state index contributed by atoms with van der Waals surface area (Å²) in [6, 6.07) is 0. The van der Waals surface area contributed by atoms with Crippen molar-refractivity contribution in [1.82, 2.24) is 9.88 Å². The molecule has 1 atom stereocenters. The number of hydrogen-bond acceptors (Lipinski definition) is 4. The van der Waals surface area contributed by atoms with E-state index in [2.05, 4.69) is 23.7 Å². The van der Waals surface area contributed by atoms with Crippen LogP contribution in [0.1, 0.15) is 27.9 Å². The first kappa shape index (κ1) is 12.0. The van der Waals surface area contributed by atoms with Gasteiger partial charge < -0.3 is 9.64 Å². The molecule has 0 aromatic carbocycles. The fraction of sp³-hybridized carbons (Fsp3) is 0.750. The van der Waals surface area contributed by atoms with E-state index in [1.807, 2.05) is 11.3 Å². The van der Waals surface area contributed by atoms with E-state index in [1.54, 1.807) is 7.11 Å². The average Bonchev–Trinajstić information content (AvgIpc) is 2.82. The maximum absolute atomic E-state index is 5.12. The highest BCUT2D eigenvalue weighted by Crippen LogP contribution is 2.33. The molecule has 1 saturated heterocycles. The molecule has 0 spiro atoms. The van der Waals surface area contributed by atoms with Gasteiger partial charge in [-0.05, 0) is 26.8 Å².